The maximum absolute atomic E-state index is 12.1. The Morgan fingerprint density at radius 1 is 1.33 bits per heavy atom. The highest BCUT2D eigenvalue weighted by atomic mass is 16.7. The summed E-state index contributed by atoms with van der Waals surface area (Å²) in [6.07, 6.45) is -0.583. The predicted octanol–water partition coefficient (Wildman–Crippen LogP) is 3.78. The molecule has 0 aliphatic carbocycles. The Bertz CT molecular complexity index is 590. The molecule has 0 bridgehead atoms. The fourth-order valence-electron chi connectivity index (χ4n) is 2.75. The number of cyclic esters (lactones) is 1. The van der Waals surface area contributed by atoms with Crippen molar-refractivity contribution in [3.8, 4) is 0 Å². The van der Waals surface area contributed by atoms with Gasteiger partial charge in [0.1, 0.15) is 6.10 Å². The van der Waals surface area contributed by atoms with Crippen molar-refractivity contribution >= 4 is 11.9 Å². The third-order valence-corrected chi connectivity index (χ3v) is 3.95. The van der Waals surface area contributed by atoms with Crippen molar-refractivity contribution in [1.82, 2.24) is 0 Å². The largest absolute Gasteiger partial charge is 0.458 e. The lowest BCUT2D eigenvalue weighted by atomic mass is 9.88. The van der Waals surface area contributed by atoms with Crippen LogP contribution in [-0.4, -0.2) is 23.8 Å². The third kappa shape index (κ3) is 4.81. The molecule has 1 aliphatic heterocycles. The van der Waals surface area contributed by atoms with Crippen LogP contribution in [0.15, 0.2) is 30.3 Å². The van der Waals surface area contributed by atoms with Crippen LogP contribution in [0.1, 0.15) is 59.1 Å². The van der Waals surface area contributed by atoms with Crippen molar-refractivity contribution in [2.45, 2.75) is 65.5 Å². The standard InChI is InChI=1S/C19H26O5/c1-13(20)22-15(14-9-7-6-8-10-14)11-19(5)12-16(21)23-17(24-19)18(2,3)4/h6-10,15,17H,11-12H2,1-5H3. The van der Waals surface area contributed by atoms with Crippen molar-refractivity contribution in [3.63, 3.8) is 0 Å². The summed E-state index contributed by atoms with van der Waals surface area (Å²) in [7, 11) is 0. The van der Waals surface area contributed by atoms with E-state index < -0.39 is 18.0 Å². The topological polar surface area (TPSA) is 61.8 Å². The summed E-state index contributed by atoms with van der Waals surface area (Å²) in [6, 6.07) is 9.49. The minimum atomic E-state index is -0.761. The third-order valence-electron chi connectivity index (χ3n) is 3.95. The van der Waals surface area contributed by atoms with E-state index in [4.69, 9.17) is 14.2 Å². The van der Waals surface area contributed by atoms with E-state index in [2.05, 4.69) is 0 Å². The zero-order valence-corrected chi connectivity index (χ0v) is 15.0. The molecule has 5 nitrogen and oxygen atoms in total. The summed E-state index contributed by atoms with van der Waals surface area (Å²) < 4.78 is 16.9. The summed E-state index contributed by atoms with van der Waals surface area (Å²) in [5.74, 6) is -0.656. The first-order chi connectivity index (χ1) is 11.1. The van der Waals surface area contributed by atoms with Crippen LogP contribution in [0.25, 0.3) is 0 Å². The fraction of sp³-hybridized carbons (Fsp3) is 0.579. The van der Waals surface area contributed by atoms with Crippen LogP contribution in [0.3, 0.4) is 0 Å². The molecule has 0 N–H and O–H groups in total. The Hall–Kier alpha value is -1.88. The maximum atomic E-state index is 12.1. The summed E-state index contributed by atoms with van der Waals surface area (Å²) in [5, 5.41) is 0. The molecule has 0 spiro atoms. The molecular weight excluding hydrogens is 308 g/mol. The lowest BCUT2D eigenvalue weighted by molar-refractivity contribution is -0.274. The van der Waals surface area contributed by atoms with Gasteiger partial charge in [0, 0.05) is 18.8 Å². The summed E-state index contributed by atoms with van der Waals surface area (Å²) >= 11 is 0. The molecule has 2 rings (SSSR count). The Morgan fingerprint density at radius 2 is 1.96 bits per heavy atom. The SMILES string of the molecule is CC(=O)OC(CC1(C)CC(=O)OC(C(C)(C)C)O1)c1ccccc1. The fourth-order valence-corrected chi connectivity index (χ4v) is 2.75. The molecule has 0 amide bonds. The normalized spacial score (nSPS) is 25.7. The number of hydrogen-bond acceptors (Lipinski definition) is 5. The first-order valence-electron chi connectivity index (χ1n) is 8.18. The van der Waals surface area contributed by atoms with Crippen LogP contribution >= 0.6 is 0 Å². The van der Waals surface area contributed by atoms with Gasteiger partial charge in [-0.15, -0.1) is 0 Å². The van der Waals surface area contributed by atoms with E-state index in [1.165, 1.54) is 6.92 Å². The van der Waals surface area contributed by atoms with E-state index in [9.17, 15) is 9.59 Å². The van der Waals surface area contributed by atoms with E-state index in [0.717, 1.165) is 5.56 Å². The molecule has 1 aliphatic rings. The molecule has 1 aromatic carbocycles. The van der Waals surface area contributed by atoms with Gasteiger partial charge in [0.15, 0.2) is 0 Å². The summed E-state index contributed by atoms with van der Waals surface area (Å²) in [4.78, 5) is 23.6. The van der Waals surface area contributed by atoms with Crippen LogP contribution in [0.4, 0.5) is 0 Å². The monoisotopic (exact) mass is 334 g/mol. The van der Waals surface area contributed by atoms with E-state index >= 15 is 0 Å². The van der Waals surface area contributed by atoms with Crippen molar-refractivity contribution in [2.75, 3.05) is 0 Å². The second-order valence-corrected chi connectivity index (χ2v) is 7.65. The van der Waals surface area contributed by atoms with Crippen molar-refractivity contribution in [1.29, 1.82) is 0 Å². The lowest BCUT2D eigenvalue weighted by Gasteiger charge is -2.43. The van der Waals surface area contributed by atoms with Crippen LogP contribution < -0.4 is 0 Å². The molecule has 5 heteroatoms. The molecule has 3 unspecified atom stereocenters. The molecule has 1 saturated heterocycles. The highest BCUT2D eigenvalue weighted by Crippen LogP contribution is 2.39. The van der Waals surface area contributed by atoms with Crippen LogP contribution in [0.5, 0.6) is 0 Å². The van der Waals surface area contributed by atoms with Gasteiger partial charge in [-0.2, -0.15) is 0 Å². The minimum absolute atomic E-state index is 0.129. The van der Waals surface area contributed by atoms with Crippen LogP contribution in [0, 0.1) is 5.41 Å². The molecule has 0 radical (unpaired) electrons. The van der Waals surface area contributed by atoms with E-state index in [1.807, 2.05) is 58.0 Å². The minimum Gasteiger partial charge on any atom is -0.458 e. The molecule has 0 saturated carbocycles. The van der Waals surface area contributed by atoms with Gasteiger partial charge in [0.25, 0.3) is 0 Å². The molecule has 132 valence electrons. The number of hydrogen-bond donors (Lipinski definition) is 0. The van der Waals surface area contributed by atoms with Crippen molar-refractivity contribution in [2.24, 2.45) is 5.41 Å². The van der Waals surface area contributed by atoms with Gasteiger partial charge >= 0.3 is 11.9 Å². The molecular formula is C19H26O5. The molecule has 0 aromatic heterocycles. The number of ether oxygens (including phenoxy) is 3. The van der Waals surface area contributed by atoms with Crippen molar-refractivity contribution < 1.29 is 23.8 Å². The second kappa shape index (κ2) is 6.93. The summed E-state index contributed by atoms with van der Waals surface area (Å²) in [6.45, 7) is 9.12. The number of rotatable bonds is 4. The maximum Gasteiger partial charge on any atom is 0.311 e. The van der Waals surface area contributed by atoms with Crippen LogP contribution in [0.2, 0.25) is 0 Å². The molecule has 3 atom stereocenters. The number of esters is 2. The second-order valence-electron chi connectivity index (χ2n) is 7.65. The van der Waals surface area contributed by atoms with E-state index in [-0.39, 0.29) is 23.8 Å². The molecule has 1 fully saturated rings. The van der Waals surface area contributed by atoms with Gasteiger partial charge in [-0.1, -0.05) is 51.1 Å². The van der Waals surface area contributed by atoms with Gasteiger partial charge in [0.2, 0.25) is 6.29 Å². The Morgan fingerprint density at radius 3 is 2.50 bits per heavy atom. The molecule has 24 heavy (non-hydrogen) atoms. The zero-order chi connectivity index (χ0) is 18.0. The molecule has 1 aromatic rings. The van der Waals surface area contributed by atoms with Gasteiger partial charge in [0.05, 0.1) is 12.0 Å². The first kappa shape index (κ1) is 18.5. The molecule has 1 heterocycles. The van der Waals surface area contributed by atoms with Gasteiger partial charge in [-0.05, 0) is 12.5 Å². The number of carbonyl (C=O) groups excluding carboxylic acids is 2. The first-order valence-corrected chi connectivity index (χ1v) is 8.18. The Kier molecular flexibility index (Phi) is 5.33. The van der Waals surface area contributed by atoms with E-state index in [1.54, 1.807) is 0 Å². The van der Waals surface area contributed by atoms with Gasteiger partial charge in [-0.25, -0.2) is 0 Å². The van der Waals surface area contributed by atoms with Gasteiger partial charge in [-0.3, -0.25) is 9.59 Å². The quantitative estimate of drug-likeness (QED) is 0.784. The lowest BCUT2D eigenvalue weighted by Crippen LogP contribution is -2.49. The Balaban J connectivity index is 2.23. The highest BCUT2D eigenvalue weighted by molar-refractivity contribution is 5.71. The smallest absolute Gasteiger partial charge is 0.311 e. The van der Waals surface area contributed by atoms with Crippen LogP contribution in [-0.2, 0) is 23.8 Å². The predicted molar refractivity (Wildman–Crippen MR) is 89.0 cm³/mol. The average molecular weight is 334 g/mol. The Labute approximate surface area is 143 Å². The zero-order valence-electron chi connectivity index (χ0n) is 15.0. The van der Waals surface area contributed by atoms with E-state index in [0.29, 0.717) is 6.42 Å². The highest BCUT2D eigenvalue weighted by Gasteiger charge is 2.45. The number of benzene rings is 1. The average Bonchev–Trinajstić information content (AvgIpc) is 2.45. The number of carbonyl (C=O) groups is 2. The van der Waals surface area contributed by atoms with Crippen molar-refractivity contribution in [3.05, 3.63) is 35.9 Å². The summed E-state index contributed by atoms with van der Waals surface area (Å²) in [5.41, 5.74) is -0.215. The van der Waals surface area contributed by atoms with Gasteiger partial charge < -0.3 is 14.2 Å².